The molecule has 0 radical (unpaired) electrons. The number of ether oxygens (including phenoxy) is 2. The molecule has 0 aliphatic carbocycles. The van der Waals surface area contributed by atoms with E-state index in [9.17, 15) is 14.7 Å². The van der Waals surface area contributed by atoms with Gasteiger partial charge in [-0.3, -0.25) is 9.59 Å². The van der Waals surface area contributed by atoms with Gasteiger partial charge in [0.1, 0.15) is 18.1 Å². The second-order valence-corrected chi connectivity index (χ2v) is 7.62. The van der Waals surface area contributed by atoms with Gasteiger partial charge in [0.05, 0.1) is 17.7 Å². The predicted octanol–water partition coefficient (Wildman–Crippen LogP) is 3.85. The summed E-state index contributed by atoms with van der Waals surface area (Å²) in [7, 11) is 0. The topological polar surface area (TPSA) is 76.1 Å². The third kappa shape index (κ3) is 4.25. The molecular weight excluding hydrogens is 394 g/mol. The van der Waals surface area contributed by atoms with Gasteiger partial charge >= 0.3 is 0 Å². The Hall–Kier alpha value is -3.38. The van der Waals surface area contributed by atoms with E-state index < -0.39 is 17.7 Å². The van der Waals surface area contributed by atoms with Gasteiger partial charge in [-0.2, -0.15) is 0 Å². The summed E-state index contributed by atoms with van der Waals surface area (Å²) in [4.78, 5) is 27.5. The minimum Gasteiger partial charge on any atom is -0.507 e. The molecule has 4 rings (SSSR count). The molecule has 2 heterocycles. The molecule has 2 aliphatic rings. The maximum absolute atomic E-state index is 13.0. The van der Waals surface area contributed by atoms with Gasteiger partial charge in [-0.25, -0.2) is 0 Å². The SMILES string of the molecule is C=CCOc1ccc(C(O)=C2C(=O)C(=O)N(C[C@H]3CCCO3)[C@@H]2c2ccccc2)cc1. The van der Waals surface area contributed by atoms with Crippen LogP contribution in [0.25, 0.3) is 5.76 Å². The molecular formula is C25H25NO5. The van der Waals surface area contributed by atoms with Gasteiger partial charge in [0.15, 0.2) is 0 Å². The zero-order valence-electron chi connectivity index (χ0n) is 17.2. The van der Waals surface area contributed by atoms with E-state index in [1.54, 1.807) is 30.3 Å². The van der Waals surface area contributed by atoms with Crippen LogP contribution in [0.3, 0.4) is 0 Å². The van der Waals surface area contributed by atoms with E-state index in [0.717, 1.165) is 18.4 Å². The van der Waals surface area contributed by atoms with Crippen LogP contribution < -0.4 is 4.74 Å². The number of nitrogens with zero attached hydrogens (tertiary/aromatic N) is 1. The van der Waals surface area contributed by atoms with Crippen LogP contribution in [0.15, 0.2) is 72.8 Å². The van der Waals surface area contributed by atoms with Crippen LogP contribution in [-0.2, 0) is 14.3 Å². The molecule has 2 atom stereocenters. The molecule has 2 fully saturated rings. The minimum absolute atomic E-state index is 0.0916. The zero-order chi connectivity index (χ0) is 21.8. The monoisotopic (exact) mass is 419 g/mol. The zero-order valence-corrected chi connectivity index (χ0v) is 17.2. The van der Waals surface area contributed by atoms with E-state index in [1.165, 1.54) is 4.90 Å². The molecule has 0 unspecified atom stereocenters. The van der Waals surface area contributed by atoms with Gasteiger partial charge in [0.2, 0.25) is 0 Å². The van der Waals surface area contributed by atoms with Gasteiger partial charge in [0.25, 0.3) is 11.7 Å². The fourth-order valence-electron chi connectivity index (χ4n) is 4.08. The van der Waals surface area contributed by atoms with Crippen molar-refractivity contribution in [3.63, 3.8) is 0 Å². The number of benzene rings is 2. The lowest BCUT2D eigenvalue weighted by atomic mass is 9.95. The van der Waals surface area contributed by atoms with Gasteiger partial charge in [-0.15, -0.1) is 0 Å². The number of Topliss-reactive ketones (excluding diaryl/α,β-unsaturated/α-hetero) is 1. The highest BCUT2D eigenvalue weighted by Crippen LogP contribution is 2.40. The first-order chi connectivity index (χ1) is 15.1. The van der Waals surface area contributed by atoms with Gasteiger partial charge in [-0.1, -0.05) is 43.0 Å². The number of carbonyl (C=O) groups excluding carboxylic acids is 2. The van der Waals surface area contributed by atoms with Crippen molar-refractivity contribution in [2.75, 3.05) is 19.8 Å². The van der Waals surface area contributed by atoms with Crippen molar-refractivity contribution in [1.82, 2.24) is 4.90 Å². The van der Waals surface area contributed by atoms with Crippen LogP contribution in [0.5, 0.6) is 5.75 Å². The highest BCUT2D eigenvalue weighted by atomic mass is 16.5. The Balaban J connectivity index is 1.73. The van der Waals surface area contributed by atoms with Crippen molar-refractivity contribution in [2.24, 2.45) is 0 Å². The normalized spacial score (nSPS) is 22.6. The average molecular weight is 419 g/mol. The fourth-order valence-corrected chi connectivity index (χ4v) is 4.08. The number of rotatable bonds is 7. The Kier molecular flexibility index (Phi) is 6.18. The van der Waals surface area contributed by atoms with E-state index in [0.29, 0.717) is 31.1 Å². The second kappa shape index (κ2) is 9.18. The predicted molar refractivity (Wildman–Crippen MR) is 117 cm³/mol. The lowest BCUT2D eigenvalue weighted by Crippen LogP contribution is -2.36. The molecule has 2 aromatic rings. The Morgan fingerprint density at radius 2 is 1.90 bits per heavy atom. The van der Waals surface area contributed by atoms with Crippen LogP contribution >= 0.6 is 0 Å². The van der Waals surface area contributed by atoms with Crippen LogP contribution in [0.1, 0.15) is 30.0 Å². The number of aliphatic hydroxyl groups excluding tert-OH is 1. The number of amides is 1. The molecule has 0 aromatic heterocycles. The summed E-state index contributed by atoms with van der Waals surface area (Å²) in [5, 5.41) is 11.1. The number of ketones is 1. The van der Waals surface area contributed by atoms with Crippen molar-refractivity contribution in [1.29, 1.82) is 0 Å². The number of aliphatic hydroxyl groups is 1. The Labute approximate surface area is 181 Å². The van der Waals surface area contributed by atoms with Crippen LogP contribution in [0.4, 0.5) is 0 Å². The first kappa shape index (κ1) is 20.9. The molecule has 1 amide bonds. The van der Waals surface area contributed by atoms with E-state index in [2.05, 4.69) is 6.58 Å². The Bertz CT molecular complexity index is 990. The summed E-state index contributed by atoms with van der Waals surface area (Å²) in [5.41, 5.74) is 1.31. The fraction of sp³-hybridized carbons (Fsp3) is 0.280. The Morgan fingerprint density at radius 3 is 2.55 bits per heavy atom. The molecule has 2 saturated heterocycles. The van der Waals surface area contributed by atoms with Gasteiger partial charge in [-0.05, 0) is 42.7 Å². The average Bonchev–Trinajstić information content (AvgIpc) is 3.40. The van der Waals surface area contributed by atoms with Crippen LogP contribution in [-0.4, -0.2) is 47.6 Å². The van der Waals surface area contributed by atoms with Gasteiger partial charge < -0.3 is 19.5 Å². The molecule has 2 aliphatic heterocycles. The van der Waals surface area contributed by atoms with Crippen molar-refractivity contribution >= 4 is 17.4 Å². The molecule has 160 valence electrons. The third-order valence-corrected chi connectivity index (χ3v) is 5.58. The van der Waals surface area contributed by atoms with E-state index in [1.807, 2.05) is 30.3 Å². The lowest BCUT2D eigenvalue weighted by Gasteiger charge is -2.27. The molecule has 6 heteroatoms. The van der Waals surface area contributed by atoms with Gasteiger partial charge in [0, 0.05) is 18.7 Å². The summed E-state index contributed by atoms with van der Waals surface area (Å²) in [6, 6.07) is 15.4. The largest absolute Gasteiger partial charge is 0.507 e. The summed E-state index contributed by atoms with van der Waals surface area (Å²) in [6.07, 6.45) is 3.32. The Morgan fingerprint density at radius 1 is 1.16 bits per heavy atom. The van der Waals surface area contributed by atoms with E-state index in [-0.39, 0.29) is 17.4 Å². The standard InChI is InChI=1S/C25H25NO5/c1-2-14-30-19-12-10-18(11-13-19)23(27)21-22(17-7-4-3-5-8-17)26(25(29)24(21)28)16-20-9-6-15-31-20/h2-5,7-8,10-13,20,22,27H,1,6,9,14-16H2/t20-,22-/m1/s1. The summed E-state index contributed by atoms with van der Waals surface area (Å²) in [6.45, 7) is 4.96. The number of hydrogen-bond donors (Lipinski definition) is 1. The first-order valence-corrected chi connectivity index (χ1v) is 10.4. The molecule has 1 N–H and O–H groups in total. The molecule has 0 bridgehead atoms. The molecule has 31 heavy (non-hydrogen) atoms. The number of likely N-dealkylation sites (tertiary alicyclic amines) is 1. The third-order valence-electron chi connectivity index (χ3n) is 5.58. The smallest absolute Gasteiger partial charge is 0.295 e. The van der Waals surface area contributed by atoms with Crippen molar-refractivity contribution in [3.05, 3.63) is 84.0 Å². The summed E-state index contributed by atoms with van der Waals surface area (Å²) in [5.74, 6) is -0.875. The number of carbonyl (C=O) groups is 2. The molecule has 2 aromatic carbocycles. The quantitative estimate of drug-likeness (QED) is 0.319. The highest BCUT2D eigenvalue weighted by molar-refractivity contribution is 6.46. The van der Waals surface area contributed by atoms with Crippen molar-refractivity contribution in [3.8, 4) is 5.75 Å². The van der Waals surface area contributed by atoms with Crippen LogP contribution in [0, 0.1) is 0 Å². The summed E-state index contributed by atoms with van der Waals surface area (Å²) >= 11 is 0. The van der Waals surface area contributed by atoms with E-state index in [4.69, 9.17) is 9.47 Å². The maximum atomic E-state index is 13.0. The van der Waals surface area contributed by atoms with Crippen molar-refractivity contribution < 1.29 is 24.2 Å². The second-order valence-electron chi connectivity index (χ2n) is 7.62. The van der Waals surface area contributed by atoms with Crippen LogP contribution in [0.2, 0.25) is 0 Å². The molecule has 0 spiro atoms. The number of hydrogen-bond acceptors (Lipinski definition) is 5. The first-order valence-electron chi connectivity index (χ1n) is 10.4. The molecule has 6 nitrogen and oxygen atoms in total. The lowest BCUT2D eigenvalue weighted by molar-refractivity contribution is -0.140. The van der Waals surface area contributed by atoms with Crippen molar-refractivity contribution in [2.45, 2.75) is 25.0 Å². The highest BCUT2D eigenvalue weighted by Gasteiger charge is 2.46. The van der Waals surface area contributed by atoms with E-state index >= 15 is 0 Å². The molecule has 0 saturated carbocycles. The minimum atomic E-state index is -0.684. The maximum Gasteiger partial charge on any atom is 0.295 e. The summed E-state index contributed by atoms with van der Waals surface area (Å²) < 4.78 is 11.2.